The van der Waals surface area contributed by atoms with Gasteiger partial charge in [-0.15, -0.1) is 0 Å². The predicted octanol–water partition coefficient (Wildman–Crippen LogP) is 1.82. The van der Waals surface area contributed by atoms with E-state index in [2.05, 4.69) is 4.74 Å². The van der Waals surface area contributed by atoms with Crippen molar-refractivity contribution in [2.75, 3.05) is 40.8 Å². The first-order valence-corrected chi connectivity index (χ1v) is 8.37. The number of hydrogen-bond donors (Lipinski definition) is 0. The zero-order valence-electron chi connectivity index (χ0n) is 16.4. The Bertz CT molecular complexity index is 632. The van der Waals surface area contributed by atoms with Gasteiger partial charge >= 0.3 is 11.9 Å². The van der Waals surface area contributed by atoms with Gasteiger partial charge in [0.15, 0.2) is 0 Å². The van der Waals surface area contributed by atoms with Gasteiger partial charge in [-0.2, -0.15) is 0 Å². The van der Waals surface area contributed by atoms with Crippen molar-refractivity contribution < 1.29 is 23.9 Å². The van der Waals surface area contributed by atoms with Gasteiger partial charge in [0, 0.05) is 18.7 Å². The quantitative estimate of drug-likeness (QED) is 0.687. The molecule has 0 aliphatic rings. The third kappa shape index (κ3) is 7.23. The van der Waals surface area contributed by atoms with Crippen LogP contribution in [0.15, 0.2) is 24.3 Å². The van der Waals surface area contributed by atoms with Gasteiger partial charge in [-0.3, -0.25) is 9.59 Å². The highest BCUT2D eigenvalue weighted by Gasteiger charge is 2.23. The number of esters is 2. The molecule has 0 heterocycles. The first-order valence-electron chi connectivity index (χ1n) is 8.37. The number of nitrogens with zero attached hydrogens (tertiary/aromatic N) is 2. The number of carbonyl (C=O) groups excluding carboxylic acids is 3. The highest BCUT2D eigenvalue weighted by molar-refractivity contribution is 5.97. The maximum absolute atomic E-state index is 12.8. The molecule has 0 saturated carbocycles. The molecule has 1 aromatic carbocycles. The maximum Gasteiger partial charge on any atom is 0.337 e. The molecule has 0 aliphatic carbocycles. The van der Waals surface area contributed by atoms with Crippen molar-refractivity contribution in [1.82, 2.24) is 9.80 Å². The second-order valence-corrected chi connectivity index (χ2v) is 7.19. The first kappa shape index (κ1) is 21.6. The molecule has 0 N–H and O–H groups in total. The average Bonchev–Trinajstić information content (AvgIpc) is 2.55. The van der Waals surface area contributed by atoms with Crippen molar-refractivity contribution in [3.05, 3.63) is 35.4 Å². The molecule has 7 nitrogen and oxygen atoms in total. The Hall–Kier alpha value is -2.41. The fraction of sp³-hybridized carbons (Fsp3) is 0.526. The lowest BCUT2D eigenvalue weighted by Gasteiger charge is -2.26. The smallest absolute Gasteiger partial charge is 0.337 e. The number of benzene rings is 1. The largest absolute Gasteiger partial charge is 0.465 e. The van der Waals surface area contributed by atoms with E-state index in [0.29, 0.717) is 24.2 Å². The molecule has 0 bridgehead atoms. The Morgan fingerprint density at radius 3 is 1.96 bits per heavy atom. The number of rotatable bonds is 7. The number of methoxy groups -OCH3 is 1. The third-order valence-corrected chi connectivity index (χ3v) is 3.40. The van der Waals surface area contributed by atoms with Crippen molar-refractivity contribution in [1.29, 1.82) is 0 Å². The molecule has 1 amide bonds. The van der Waals surface area contributed by atoms with Crippen LogP contribution in [0.4, 0.5) is 0 Å². The van der Waals surface area contributed by atoms with E-state index in [0.717, 1.165) is 0 Å². The number of hydrogen-bond acceptors (Lipinski definition) is 6. The van der Waals surface area contributed by atoms with Gasteiger partial charge < -0.3 is 19.3 Å². The molecule has 0 spiro atoms. The zero-order chi connectivity index (χ0) is 19.9. The maximum atomic E-state index is 12.8. The Morgan fingerprint density at radius 1 is 0.962 bits per heavy atom. The van der Waals surface area contributed by atoms with Crippen LogP contribution in [-0.4, -0.2) is 74.1 Å². The first-order chi connectivity index (χ1) is 12.0. The van der Waals surface area contributed by atoms with E-state index >= 15 is 0 Å². The SMILES string of the molecule is COC(=O)c1ccc(C(=O)N(CCN(C)C)CC(=O)OC(C)(C)C)cc1. The van der Waals surface area contributed by atoms with Crippen LogP contribution in [0.5, 0.6) is 0 Å². The molecule has 0 radical (unpaired) electrons. The van der Waals surface area contributed by atoms with Gasteiger partial charge in [-0.25, -0.2) is 4.79 Å². The van der Waals surface area contributed by atoms with Crippen LogP contribution in [0.1, 0.15) is 41.5 Å². The lowest BCUT2D eigenvalue weighted by Crippen LogP contribution is -2.42. The van der Waals surface area contributed by atoms with Crippen molar-refractivity contribution in [2.45, 2.75) is 26.4 Å². The predicted molar refractivity (Wildman–Crippen MR) is 98.1 cm³/mol. The third-order valence-electron chi connectivity index (χ3n) is 3.40. The van der Waals surface area contributed by atoms with Gasteiger partial charge in [0.2, 0.25) is 0 Å². The van der Waals surface area contributed by atoms with Gasteiger partial charge in [0.25, 0.3) is 5.91 Å². The van der Waals surface area contributed by atoms with Gasteiger partial charge in [0.1, 0.15) is 12.1 Å². The van der Waals surface area contributed by atoms with Crippen LogP contribution in [0, 0.1) is 0 Å². The molecule has 144 valence electrons. The Balaban J connectivity index is 2.92. The molecule has 0 unspecified atom stereocenters. The minimum atomic E-state index is -0.616. The number of carbonyl (C=O) groups is 3. The van der Waals surface area contributed by atoms with E-state index in [9.17, 15) is 14.4 Å². The van der Waals surface area contributed by atoms with E-state index in [-0.39, 0.29) is 12.5 Å². The normalized spacial score (nSPS) is 11.2. The summed E-state index contributed by atoms with van der Waals surface area (Å²) >= 11 is 0. The average molecular weight is 364 g/mol. The van der Waals surface area contributed by atoms with Gasteiger partial charge in [-0.1, -0.05) is 0 Å². The standard InChI is InChI=1S/C19H28N2O5/c1-19(2,3)26-16(22)13-21(12-11-20(4)5)17(23)14-7-9-15(10-8-14)18(24)25-6/h7-10H,11-13H2,1-6H3. The Kier molecular flexibility index (Phi) is 7.76. The Labute approximate surface area is 154 Å². The van der Waals surface area contributed by atoms with Crippen LogP contribution in [0.2, 0.25) is 0 Å². The van der Waals surface area contributed by atoms with Crippen LogP contribution in [0.25, 0.3) is 0 Å². The summed E-state index contributed by atoms with van der Waals surface area (Å²) in [6.07, 6.45) is 0. The van der Waals surface area contributed by atoms with E-state index in [1.807, 2.05) is 19.0 Å². The van der Waals surface area contributed by atoms with E-state index in [1.165, 1.54) is 24.1 Å². The van der Waals surface area contributed by atoms with E-state index in [1.54, 1.807) is 32.9 Å². The molecule has 1 rings (SSSR count). The van der Waals surface area contributed by atoms with Crippen molar-refractivity contribution >= 4 is 17.8 Å². The van der Waals surface area contributed by atoms with E-state index < -0.39 is 17.5 Å². The van der Waals surface area contributed by atoms with Gasteiger partial charge in [-0.05, 0) is 59.1 Å². The second-order valence-electron chi connectivity index (χ2n) is 7.19. The fourth-order valence-corrected chi connectivity index (χ4v) is 2.15. The second kappa shape index (κ2) is 9.33. The molecule has 0 fully saturated rings. The summed E-state index contributed by atoms with van der Waals surface area (Å²) in [6, 6.07) is 6.14. The van der Waals surface area contributed by atoms with E-state index in [4.69, 9.17) is 4.74 Å². The molecule has 26 heavy (non-hydrogen) atoms. The fourth-order valence-electron chi connectivity index (χ4n) is 2.15. The summed E-state index contributed by atoms with van der Waals surface area (Å²) in [5.74, 6) is -1.23. The summed E-state index contributed by atoms with van der Waals surface area (Å²) in [6.45, 7) is 6.19. The molecular weight excluding hydrogens is 336 g/mol. The van der Waals surface area contributed by atoms with Crippen molar-refractivity contribution in [3.8, 4) is 0 Å². The minimum absolute atomic E-state index is 0.136. The van der Waals surface area contributed by atoms with Crippen molar-refractivity contribution in [3.63, 3.8) is 0 Å². The molecule has 1 aromatic rings. The topological polar surface area (TPSA) is 76.2 Å². The molecule has 0 aliphatic heterocycles. The number of ether oxygens (including phenoxy) is 2. The molecule has 0 aromatic heterocycles. The molecular formula is C19H28N2O5. The summed E-state index contributed by atoms with van der Waals surface area (Å²) < 4.78 is 9.97. The lowest BCUT2D eigenvalue weighted by atomic mass is 10.1. The monoisotopic (exact) mass is 364 g/mol. The number of likely N-dealkylation sites (N-methyl/N-ethyl adjacent to an activating group) is 1. The summed E-state index contributed by atoms with van der Waals surface area (Å²) in [5.41, 5.74) is 0.131. The highest BCUT2D eigenvalue weighted by Crippen LogP contribution is 2.11. The van der Waals surface area contributed by atoms with Crippen molar-refractivity contribution in [2.24, 2.45) is 0 Å². The van der Waals surface area contributed by atoms with Crippen LogP contribution >= 0.6 is 0 Å². The molecule has 0 saturated heterocycles. The minimum Gasteiger partial charge on any atom is -0.465 e. The van der Waals surface area contributed by atoms with Gasteiger partial charge in [0.05, 0.1) is 12.7 Å². The van der Waals surface area contributed by atoms with Crippen LogP contribution in [-0.2, 0) is 14.3 Å². The summed E-state index contributed by atoms with van der Waals surface area (Å²) in [5, 5.41) is 0. The van der Waals surface area contributed by atoms with Crippen LogP contribution in [0.3, 0.4) is 0 Å². The number of amides is 1. The summed E-state index contributed by atoms with van der Waals surface area (Å²) in [4.78, 5) is 39.8. The molecule has 7 heteroatoms. The Morgan fingerprint density at radius 2 is 1.50 bits per heavy atom. The highest BCUT2D eigenvalue weighted by atomic mass is 16.6. The molecule has 0 atom stereocenters. The lowest BCUT2D eigenvalue weighted by molar-refractivity contribution is -0.155. The van der Waals surface area contributed by atoms with Crippen LogP contribution < -0.4 is 0 Å². The summed E-state index contributed by atoms with van der Waals surface area (Å²) in [7, 11) is 5.08. The zero-order valence-corrected chi connectivity index (χ0v) is 16.4.